The number of nitrogens with zero attached hydrogens (tertiary/aromatic N) is 2. The molecule has 0 aromatic heterocycles. The van der Waals surface area contributed by atoms with Gasteiger partial charge in [-0.25, -0.2) is 8.78 Å². The number of nitrogens with one attached hydrogen (secondary N) is 1. The van der Waals surface area contributed by atoms with Gasteiger partial charge in [-0.05, 0) is 25.2 Å². The van der Waals surface area contributed by atoms with Gasteiger partial charge < -0.3 is 9.80 Å². The number of benzene rings is 1. The minimum atomic E-state index is -0.902. The third-order valence-corrected chi connectivity index (χ3v) is 3.01. The Bertz CT molecular complexity index is 426. The first-order chi connectivity index (χ1) is 8.08. The first-order valence-corrected chi connectivity index (χ1v) is 5.55. The highest BCUT2D eigenvalue weighted by molar-refractivity contribution is 5.96. The van der Waals surface area contributed by atoms with Gasteiger partial charge in [0.25, 0.3) is 0 Å². The lowest BCUT2D eigenvalue weighted by molar-refractivity contribution is 0.215. The van der Waals surface area contributed by atoms with Gasteiger partial charge >= 0.3 is 0 Å². The number of rotatable bonds is 1. The van der Waals surface area contributed by atoms with Crippen LogP contribution >= 0.6 is 0 Å². The van der Waals surface area contributed by atoms with Crippen LogP contribution in [0, 0.1) is 17.0 Å². The van der Waals surface area contributed by atoms with Crippen LogP contribution in [-0.4, -0.2) is 48.9 Å². The summed E-state index contributed by atoms with van der Waals surface area (Å²) in [4.78, 5) is 4.06. The highest BCUT2D eigenvalue weighted by Gasteiger charge is 2.18. The molecule has 0 unspecified atom stereocenters. The molecule has 3 nitrogen and oxygen atoms in total. The molecule has 92 valence electrons. The van der Waals surface area contributed by atoms with Gasteiger partial charge in [0.1, 0.15) is 5.84 Å². The SMILES string of the molecule is CN1CCN(C(=N)c2ccc(F)c(F)c2)CC1. The number of piperazine rings is 1. The molecule has 17 heavy (non-hydrogen) atoms. The van der Waals surface area contributed by atoms with Crippen molar-refractivity contribution in [3.8, 4) is 0 Å². The van der Waals surface area contributed by atoms with Crippen molar-refractivity contribution in [1.29, 1.82) is 5.41 Å². The molecule has 0 amide bonds. The molecule has 1 fully saturated rings. The van der Waals surface area contributed by atoms with Crippen LogP contribution in [0.5, 0.6) is 0 Å². The Labute approximate surface area is 99.2 Å². The topological polar surface area (TPSA) is 30.3 Å². The van der Waals surface area contributed by atoms with Gasteiger partial charge in [-0.3, -0.25) is 5.41 Å². The zero-order valence-corrected chi connectivity index (χ0v) is 9.71. The Hall–Kier alpha value is -1.49. The van der Waals surface area contributed by atoms with E-state index in [0.717, 1.165) is 38.3 Å². The number of likely N-dealkylation sites (N-methyl/N-ethyl adjacent to an activating group) is 1. The Morgan fingerprint density at radius 2 is 1.76 bits per heavy atom. The lowest BCUT2D eigenvalue weighted by Crippen LogP contribution is -2.47. The molecule has 1 N–H and O–H groups in total. The Balaban J connectivity index is 2.11. The maximum absolute atomic E-state index is 13.1. The molecule has 0 radical (unpaired) electrons. The second-order valence-corrected chi connectivity index (χ2v) is 4.27. The molecular weight excluding hydrogens is 224 g/mol. The fourth-order valence-corrected chi connectivity index (χ4v) is 1.86. The standard InChI is InChI=1S/C12H15F2N3/c1-16-4-6-17(7-5-16)12(15)9-2-3-10(13)11(14)8-9/h2-3,8,15H,4-7H2,1H3. The summed E-state index contributed by atoms with van der Waals surface area (Å²) in [6.45, 7) is 3.25. The normalized spacial score (nSPS) is 17.2. The van der Waals surface area contributed by atoms with Crippen molar-refractivity contribution in [2.75, 3.05) is 33.2 Å². The molecule has 1 aromatic carbocycles. The summed E-state index contributed by atoms with van der Waals surface area (Å²) >= 11 is 0. The van der Waals surface area contributed by atoms with E-state index in [2.05, 4.69) is 4.90 Å². The molecule has 0 bridgehead atoms. The van der Waals surface area contributed by atoms with Crippen LogP contribution in [0.2, 0.25) is 0 Å². The minimum Gasteiger partial charge on any atom is -0.354 e. The third-order valence-electron chi connectivity index (χ3n) is 3.01. The quantitative estimate of drug-likeness (QED) is 0.595. The van der Waals surface area contributed by atoms with Crippen molar-refractivity contribution < 1.29 is 8.78 Å². The molecule has 0 spiro atoms. The number of hydrogen-bond acceptors (Lipinski definition) is 2. The molecule has 0 aliphatic carbocycles. The smallest absolute Gasteiger partial charge is 0.159 e. The molecule has 2 rings (SSSR count). The Morgan fingerprint density at radius 1 is 1.12 bits per heavy atom. The van der Waals surface area contributed by atoms with E-state index in [9.17, 15) is 8.78 Å². The van der Waals surface area contributed by atoms with Crippen LogP contribution in [0.25, 0.3) is 0 Å². The average Bonchev–Trinajstić information content (AvgIpc) is 2.33. The fraction of sp³-hybridized carbons (Fsp3) is 0.417. The molecule has 1 aliphatic rings. The molecule has 1 heterocycles. The van der Waals surface area contributed by atoms with Crippen LogP contribution < -0.4 is 0 Å². The predicted molar refractivity (Wildman–Crippen MR) is 62.3 cm³/mol. The first-order valence-electron chi connectivity index (χ1n) is 5.55. The highest BCUT2D eigenvalue weighted by Crippen LogP contribution is 2.12. The van der Waals surface area contributed by atoms with Crippen LogP contribution in [-0.2, 0) is 0 Å². The van der Waals surface area contributed by atoms with Gasteiger partial charge in [0, 0.05) is 31.7 Å². The molecule has 1 aromatic rings. The summed E-state index contributed by atoms with van der Waals surface area (Å²) in [7, 11) is 2.03. The van der Waals surface area contributed by atoms with Gasteiger partial charge in [-0.2, -0.15) is 0 Å². The monoisotopic (exact) mass is 239 g/mol. The van der Waals surface area contributed by atoms with E-state index in [1.807, 2.05) is 11.9 Å². The fourth-order valence-electron chi connectivity index (χ4n) is 1.86. The second kappa shape index (κ2) is 4.79. The first kappa shape index (κ1) is 12.0. The lowest BCUT2D eigenvalue weighted by atomic mass is 10.1. The van der Waals surface area contributed by atoms with E-state index in [-0.39, 0.29) is 5.84 Å². The number of amidine groups is 1. The van der Waals surface area contributed by atoms with Gasteiger partial charge in [0.15, 0.2) is 11.6 Å². The van der Waals surface area contributed by atoms with Gasteiger partial charge in [-0.15, -0.1) is 0 Å². The summed E-state index contributed by atoms with van der Waals surface area (Å²) in [5.41, 5.74) is 0.424. The summed E-state index contributed by atoms with van der Waals surface area (Å²) in [6.07, 6.45) is 0. The van der Waals surface area contributed by atoms with Crippen molar-refractivity contribution in [2.24, 2.45) is 0 Å². The van der Waals surface area contributed by atoms with Crippen molar-refractivity contribution in [3.63, 3.8) is 0 Å². The lowest BCUT2D eigenvalue weighted by Gasteiger charge is -2.34. The number of halogens is 2. The maximum atomic E-state index is 13.1. The Kier molecular flexibility index (Phi) is 3.38. The van der Waals surface area contributed by atoms with Gasteiger partial charge in [-0.1, -0.05) is 0 Å². The van der Waals surface area contributed by atoms with E-state index < -0.39 is 11.6 Å². The van der Waals surface area contributed by atoms with Gasteiger partial charge in [0.2, 0.25) is 0 Å². The third kappa shape index (κ3) is 2.61. The highest BCUT2D eigenvalue weighted by atomic mass is 19.2. The molecule has 5 heteroatoms. The van der Waals surface area contributed by atoms with Crippen molar-refractivity contribution in [3.05, 3.63) is 35.4 Å². The molecule has 1 saturated heterocycles. The summed E-state index contributed by atoms with van der Waals surface area (Å²) in [6, 6.07) is 3.59. The van der Waals surface area contributed by atoms with E-state index in [0.29, 0.717) is 5.56 Å². The molecule has 0 saturated carbocycles. The van der Waals surface area contributed by atoms with Crippen molar-refractivity contribution in [2.45, 2.75) is 0 Å². The predicted octanol–water partition coefficient (Wildman–Crippen LogP) is 1.54. The number of hydrogen-bond donors (Lipinski definition) is 1. The van der Waals surface area contributed by atoms with Crippen LogP contribution in [0.15, 0.2) is 18.2 Å². The van der Waals surface area contributed by atoms with Crippen molar-refractivity contribution in [1.82, 2.24) is 9.80 Å². The molecular formula is C12H15F2N3. The van der Waals surface area contributed by atoms with Crippen LogP contribution in [0.3, 0.4) is 0 Å². The summed E-state index contributed by atoms with van der Waals surface area (Å²) in [5, 5.41) is 7.98. The van der Waals surface area contributed by atoms with E-state index in [4.69, 9.17) is 5.41 Å². The van der Waals surface area contributed by atoms with E-state index in [1.165, 1.54) is 6.07 Å². The summed E-state index contributed by atoms with van der Waals surface area (Å²) < 4.78 is 25.9. The zero-order chi connectivity index (χ0) is 12.4. The van der Waals surface area contributed by atoms with Crippen LogP contribution in [0.1, 0.15) is 5.56 Å². The average molecular weight is 239 g/mol. The van der Waals surface area contributed by atoms with E-state index in [1.54, 1.807) is 0 Å². The van der Waals surface area contributed by atoms with Crippen LogP contribution in [0.4, 0.5) is 8.78 Å². The second-order valence-electron chi connectivity index (χ2n) is 4.27. The van der Waals surface area contributed by atoms with Gasteiger partial charge in [0.05, 0.1) is 0 Å². The Morgan fingerprint density at radius 3 is 2.35 bits per heavy atom. The van der Waals surface area contributed by atoms with E-state index >= 15 is 0 Å². The minimum absolute atomic E-state index is 0.261. The zero-order valence-electron chi connectivity index (χ0n) is 9.71. The molecule has 0 atom stereocenters. The van der Waals surface area contributed by atoms with Crippen molar-refractivity contribution >= 4 is 5.84 Å². The summed E-state index contributed by atoms with van der Waals surface area (Å²) in [5.74, 6) is -1.52. The molecule has 1 aliphatic heterocycles. The maximum Gasteiger partial charge on any atom is 0.159 e. The largest absolute Gasteiger partial charge is 0.354 e.